The predicted molar refractivity (Wildman–Crippen MR) is 62.6 cm³/mol. The number of hydrogen-bond acceptors (Lipinski definition) is 2. The van der Waals surface area contributed by atoms with Crippen LogP contribution in [-0.2, 0) is 0 Å². The summed E-state index contributed by atoms with van der Waals surface area (Å²) in [5.41, 5.74) is 6.58. The third-order valence-corrected chi connectivity index (χ3v) is 2.13. The fraction of sp³-hybridized carbons (Fsp3) is 0.385. The summed E-state index contributed by atoms with van der Waals surface area (Å²) in [6, 6.07) is 4.23. The van der Waals surface area contributed by atoms with Gasteiger partial charge in [0.15, 0.2) is 0 Å². The van der Waals surface area contributed by atoms with E-state index >= 15 is 0 Å². The first kappa shape index (κ1) is 12.5. The minimum atomic E-state index is -0.319. The van der Waals surface area contributed by atoms with Gasteiger partial charge in [-0.25, -0.2) is 4.39 Å². The summed E-state index contributed by atoms with van der Waals surface area (Å²) in [5, 5.41) is 0. The van der Waals surface area contributed by atoms with Gasteiger partial charge in [0.2, 0.25) is 0 Å². The van der Waals surface area contributed by atoms with Crippen molar-refractivity contribution in [2.24, 2.45) is 5.73 Å². The van der Waals surface area contributed by atoms with Crippen LogP contribution in [0.25, 0.3) is 0 Å². The lowest BCUT2D eigenvalue weighted by atomic mass is 10.1. The van der Waals surface area contributed by atoms with Crippen LogP contribution >= 0.6 is 0 Å². The zero-order chi connectivity index (χ0) is 12.0. The van der Waals surface area contributed by atoms with Crippen LogP contribution < -0.4 is 10.5 Å². The standard InChI is InChI=1S/C13H16FNO/c1-3-4-5-8-16-13-9-11(14)6-7-12(13)10(2)15/h6-7,9-10H,5,8,15H2,1-2H3/t10-/m0/s1. The highest BCUT2D eigenvalue weighted by Crippen LogP contribution is 2.24. The minimum absolute atomic E-state index is 0.173. The van der Waals surface area contributed by atoms with E-state index in [9.17, 15) is 4.39 Å². The van der Waals surface area contributed by atoms with Gasteiger partial charge in [-0.2, -0.15) is 0 Å². The Morgan fingerprint density at radius 2 is 2.25 bits per heavy atom. The van der Waals surface area contributed by atoms with E-state index in [1.54, 1.807) is 13.0 Å². The van der Waals surface area contributed by atoms with E-state index < -0.39 is 0 Å². The smallest absolute Gasteiger partial charge is 0.127 e. The molecule has 0 unspecified atom stereocenters. The molecule has 1 atom stereocenters. The van der Waals surface area contributed by atoms with Gasteiger partial charge in [0.25, 0.3) is 0 Å². The van der Waals surface area contributed by atoms with E-state index in [2.05, 4.69) is 11.8 Å². The Bertz CT molecular complexity index is 404. The fourth-order valence-corrected chi connectivity index (χ4v) is 1.35. The molecule has 0 aromatic heterocycles. The maximum Gasteiger partial charge on any atom is 0.127 e. The molecule has 1 aromatic carbocycles. The average Bonchev–Trinajstić information content (AvgIpc) is 2.24. The van der Waals surface area contributed by atoms with Crippen LogP contribution in [0.5, 0.6) is 5.75 Å². The molecule has 1 aromatic rings. The van der Waals surface area contributed by atoms with E-state index in [4.69, 9.17) is 10.5 Å². The van der Waals surface area contributed by atoms with E-state index in [0.29, 0.717) is 18.8 Å². The zero-order valence-electron chi connectivity index (χ0n) is 9.59. The SMILES string of the molecule is CC#CCCOc1cc(F)ccc1[C@H](C)N. The number of nitrogens with two attached hydrogens (primary N) is 1. The maximum absolute atomic E-state index is 13.0. The first-order valence-electron chi connectivity index (χ1n) is 5.22. The first-order chi connectivity index (χ1) is 7.65. The van der Waals surface area contributed by atoms with E-state index in [1.165, 1.54) is 12.1 Å². The zero-order valence-corrected chi connectivity index (χ0v) is 9.59. The van der Waals surface area contributed by atoms with Crippen molar-refractivity contribution in [3.05, 3.63) is 29.6 Å². The summed E-state index contributed by atoms with van der Waals surface area (Å²) < 4.78 is 18.5. The highest BCUT2D eigenvalue weighted by atomic mass is 19.1. The molecule has 3 heteroatoms. The molecule has 0 spiro atoms. The van der Waals surface area contributed by atoms with Gasteiger partial charge in [-0.05, 0) is 19.9 Å². The molecular weight excluding hydrogens is 205 g/mol. The molecule has 0 amide bonds. The van der Waals surface area contributed by atoms with Crippen molar-refractivity contribution < 1.29 is 9.13 Å². The van der Waals surface area contributed by atoms with Gasteiger partial charge in [0.05, 0.1) is 6.61 Å². The molecular formula is C13H16FNO. The Hall–Kier alpha value is -1.53. The first-order valence-corrected chi connectivity index (χ1v) is 5.22. The Labute approximate surface area is 95.6 Å². The third kappa shape index (κ3) is 3.56. The second-order valence-corrected chi connectivity index (χ2v) is 3.50. The fourth-order valence-electron chi connectivity index (χ4n) is 1.35. The number of halogens is 1. The van der Waals surface area contributed by atoms with Crippen molar-refractivity contribution in [1.29, 1.82) is 0 Å². The van der Waals surface area contributed by atoms with Gasteiger partial charge in [-0.15, -0.1) is 11.8 Å². The van der Waals surface area contributed by atoms with E-state index in [0.717, 1.165) is 5.56 Å². The highest BCUT2D eigenvalue weighted by molar-refractivity contribution is 5.36. The van der Waals surface area contributed by atoms with Crippen LogP contribution in [0.2, 0.25) is 0 Å². The van der Waals surface area contributed by atoms with Gasteiger partial charge in [-0.3, -0.25) is 0 Å². The molecule has 1 rings (SSSR count). The van der Waals surface area contributed by atoms with Crippen molar-refractivity contribution in [2.75, 3.05) is 6.61 Å². The largest absolute Gasteiger partial charge is 0.492 e. The summed E-state index contributed by atoms with van der Waals surface area (Å²) in [6.45, 7) is 4.06. The topological polar surface area (TPSA) is 35.2 Å². The van der Waals surface area contributed by atoms with Crippen LogP contribution in [0.4, 0.5) is 4.39 Å². The van der Waals surface area contributed by atoms with Gasteiger partial charge in [0.1, 0.15) is 11.6 Å². The van der Waals surface area contributed by atoms with Gasteiger partial charge in [0, 0.05) is 24.1 Å². The summed E-state index contributed by atoms with van der Waals surface area (Å²) in [5.74, 6) is 5.84. The normalized spacial score (nSPS) is 11.5. The Morgan fingerprint density at radius 3 is 2.88 bits per heavy atom. The maximum atomic E-state index is 13.0. The third-order valence-electron chi connectivity index (χ3n) is 2.13. The summed E-state index contributed by atoms with van der Waals surface area (Å²) >= 11 is 0. The van der Waals surface area contributed by atoms with Gasteiger partial charge in [-0.1, -0.05) is 6.07 Å². The molecule has 16 heavy (non-hydrogen) atoms. The predicted octanol–water partition coefficient (Wildman–Crippen LogP) is 2.64. The lowest BCUT2D eigenvalue weighted by Gasteiger charge is -2.13. The number of ether oxygens (including phenoxy) is 1. The van der Waals surface area contributed by atoms with Crippen molar-refractivity contribution in [2.45, 2.75) is 26.3 Å². The Kier molecular flexibility index (Phi) is 4.81. The van der Waals surface area contributed by atoms with Crippen LogP contribution in [0.15, 0.2) is 18.2 Å². The van der Waals surface area contributed by atoms with Crippen molar-refractivity contribution in [1.82, 2.24) is 0 Å². The lowest BCUT2D eigenvalue weighted by molar-refractivity contribution is 0.320. The van der Waals surface area contributed by atoms with Gasteiger partial charge < -0.3 is 10.5 Å². The van der Waals surface area contributed by atoms with E-state index in [1.807, 2.05) is 6.92 Å². The molecule has 0 fully saturated rings. The molecule has 2 nitrogen and oxygen atoms in total. The lowest BCUT2D eigenvalue weighted by Crippen LogP contribution is -2.08. The monoisotopic (exact) mass is 221 g/mol. The van der Waals surface area contributed by atoms with Gasteiger partial charge >= 0.3 is 0 Å². The second-order valence-electron chi connectivity index (χ2n) is 3.50. The van der Waals surface area contributed by atoms with Crippen molar-refractivity contribution in [3.8, 4) is 17.6 Å². The van der Waals surface area contributed by atoms with Crippen molar-refractivity contribution >= 4 is 0 Å². The molecule has 0 heterocycles. The molecule has 2 N–H and O–H groups in total. The molecule has 0 radical (unpaired) electrons. The molecule has 0 saturated carbocycles. The summed E-state index contributed by atoms with van der Waals surface area (Å²) in [4.78, 5) is 0. The van der Waals surface area contributed by atoms with Crippen LogP contribution in [0.1, 0.15) is 31.9 Å². The Balaban J connectivity index is 2.74. The molecule has 0 saturated heterocycles. The van der Waals surface area contributed by atoms with E-state index in [-0.39, 0.29) is 11.9 Å². The second kappa shape index (κ2) is 6.14. The Morgan fingerprint density at radius 1 is 1.50 bits per heavy atom. The molecule has 0 bridgehead atoms. The summed E-state index contributed by atoms with van der Waals surface area (Å²) in [6.07, 6.45) is 0.630. The van der Waals surface area contributed by atoms with Crippen LogP contribution in [0.3, 0.4) is 0 Å². The average molecular weight is 221 g/mol. The quantitative estimate of drug-likeness (QED) is 0.626. The van der Waals surface area contributed by atoms with Crippen LogP contribution in [-0.4, -0.2) is 6.61 Å². The summed E-state index contributed by atoms with van der Waals surface area (Å²) in [7, 11) is 0. The molecule has 0 aliphatic heterocycles. The van der Waals surface area contributed by atoms with Crippen molar-refractivity contribution in [3.63, 3.8) is 0 Å². The highest BCUT2D eigenvalue weighted by Gasteiger charge is 2.08. The number of rotatable bonds is 4. The number of benzene rings is 1. The molecule has 86 valence electrons. The molecule has 0 aliphatic rings. The molecule has 0 aliphatic carbocycles. The minimum Gasteiger partial charge on any atom is -0.492 e. The number of hydrogen-bond donors (Lipinski definition) is 1. The van der Waals surface area contributed by atoms with Crippen LogP contribution in [0, 0.1) is 17.7 Å².